The Bertz CT molecular complexity index is 814. The number of ether oxygens (including phenoxy) is 2. The maximum absolute atomic E-state index is 10.1. The second-order valence-electron chi connectivity index (χ2n) is 7.41. The average molecular weight is 340 g/mol. The molecule has 2 atom stereocenters. The van der Waals surface area contributed by atoms with Gasteiger partial charge >= 0.3 is 0 Å². The van der Waals surface area contributed by atoms with Gasteiger partial charge in [0.2, 0.25) is 5.75 Å². The van der Waals surface area contributed by atoms with E-state index in [1.165, 1.54) is 32.8 Å². The number of benzene rings is 1. The van der Waals surface area contributed by atoms with Gasteiger partial charge in [-0.3, -0.25) is 0 Å². The number of fused-ring (bicyclic) bond motifs is 2. The summed E-state index contributed by atoms with van der Waals surface area (Å²) in [6, 6.07) is 3.56. The summed E-state index contributed by atoms with van der Waals surface area (Å²) in [5, 5.41) is 10.1. The van der Waals surface area contributed by atoms with E-state index < -0.39 is 0 Å². The second-order valence-corrected chi connectivity index (χ2v) is 7.41. The first-order chi connectivity index (χ1) is 12.0. The first-order valence-corrected chi connectivity index (χ1v) is 8.73. The van der Waals surface area contributed by atoms with E-state index in [4.69, 9.17) is 9.47 Å². The summed E-state index contributed by atoms with van der Waals surface area (Å²) in [4.78, 5) is 8.13. The molecular weight excluding hydrogens is 316 g/mol. The number of hydrogen-bond donors (Lipinski definition) is 2. The molecule has 2 aliphatic rings. The fraction of sp³-hybridized carbons (Fsp3) is 0.450. The van der Waals surface area contributed by atoms with E-state index in [1.807, 2.05) is 6.20 Å². The predicted octanol–water partition coefficient (Wildman–Crippen LogP) is 4.19. The normalized spacial score (nSPS) is 24.9. The van der Waals surface area contributed by atoms with Gasteiger partial charge in [-0.2, -0.15) is 0 Å². The summed E-state index contributed by atoms with van der Waals surface area (Å²) in [6.45, 7) is 2.33. The van der Waals surface area contributed by atoms with Gasteiger partial charge in [0.15, 0.2) is 11.5 Å². The SMILES string of the molecule is COc1cc(-c2ncc(C34CC=C(CC(C)C3)C4)[nH]2)cc(OC)c1O. The minimum atomic E-state index is 0.00450. The van der Waals surface area contributed by atoms with E-state index in [2.05, 4.69) is 23.0 Å². The van der Waals surface area contributed by atoms with Gasteiger partial charge in [0, 0.05) is 22.9 Å². The first-order valence-electron chi connectivity index (χ1n) is 8.73. The Hall–Kier alpha value is -2.43. The van der Waals surface area contributed by atoms with Crippen molar-refractivity contribution in [3.05, 3.63) is 35.7 Å². The van der Waals surface area contributed by atoms with Gasteiger partial charge in [-0.05, 0) is 43.7 Å². The van der Waals surface area contributed by atoms with Crippen LogP contribution in [0.3, 0.4) is 0 Å². The minimum absolute atomic E-state index is 0.00450. The first kappa shape index (κ1) is 16.1. The molecule has 1 aromatic heterocycles. The zero-order chi connectivity index (χ0) is 17.6. The molecule has 1 fully saturated rings. The summed E-state index contributed by atoms with van der Waals surface area (Å²) in [5.74, 6) is 2.24. The van der Waals surface area contributed by atoms with Crippen LogP contribution in [0.5, 0.6) is 17.2 Å². The number of rotatable bonds is 4. The Labute approximate surface area is 147 Å². The van der Waals surface area contributed by atoms with E-state index in [-0.39, 0.29) is 11.2 Å². The third-order valence-electron chi connectivity index (χ3n) is 5.60. The van der Waals surface area contributed by atoms with Crippen LogP contribution in [0.15, 0.2) is 30.0 Å². The second kappa shape index (κ2) is 5.83. The number of phenolic OH excluding ortho intramolecular Hbond substituents is 1. The molecule has 2 unspecified atom stereocenters. The molecule has 0 saturated heterocycles. The number of phenols is 1. The fourth-order valence-corrected chi connectivity index (χ4v) is 4.50. The summed E-state index contributed by atoms with van der Waals surface area (Å²) < 4.78 is 10.5. The lowest BCUT2D eigenvalue weighted by molar-refractivity contribution is 0.298. The molecule has 132 valence electrons. The number of aromatic nitrogens is 2. The summed E-state index contributed by atoms with van der Waals surface area (Å²) in [5.41, 5.74) is 3.79. The van der Waals surface area contributed by atoms with E-state index in [0.29, 0.717) is 17.4 Å². The highest BCUT2D eigenvalue weighted by molar-refractivity contribution is 5.66. The van der Waals surface area contributed by atoms with E-state index in [0.717, 1.165) is 24.2 Å². The highest BCUT2D eigenvalue weighted by Gasteiger charge is 2.42. The van der Waals surface area contributed by atoms with Crippen LogP contribution in [0.4, 0.5) is 0 Å². The molecule has 0 aliphatic heterocycles. The molecular formula is C20H24N2O3. The molecule has 5 nitrogen and oxygen atoms in total. The van der Waals surface area contributed by atoms with Gasteiger partial charge < -0.3 is 19.6 Å². The van der Waals surface area contributed by atoms with Gasteiger partial charge in [0.1, 0.15) is 5.82 Å². The van der Waals surface area contributed by atoms with Crippen molar-refractivity contribution in [2.24, 2.45) is 5.92 Å². The summed E-state index contributed by atoms with van der Waals surface area (Å²) in [7, 11) is 3.06. The number of methoxy groups -OCH3 is 2. The molecule has 2 bridgehead atoms. The third kappa shape index (κ3) is 2.58. The van der Waals surface area contributed by atoms with Crippen LogP contribution < -0.4 is 9.47 Å². The van der Waals surface area contributed by atoms with Gasteiger partial charge in [-0.25, -0.2) is 4.98 Å². The van der Waals surface area contributed by atoms with Crippen LogP contribution in [0.1, 0.15) is 38.3 Å². The monoisotopic (exact) mass is 340 g/mol. The lowest BCUT2D eigenvalue weighted by Gasteiger charge is -2.35. The number of hydrogen-bond acceptors (Lipinski definition) is 4. The molecule has 1 heterocycles. The number of imidazole rings is 1. The molecule has 0 radical (unpaired) electrons. The molecule has 2 aliphatic carbocycles. The largest absolute Gasteiger partial charge is 0.502 e. The smallest absolute Gasteiger partial charge is 0.200 e. The van der Waals surface area contributed by atoms with Gasteiger partial charge in [-0.15, -0.1) is 0 Å². The van der Waals surface area contributed by atoms with Crippen LogP contribution in [-0.2, 0) is 5.41 Å². The van der Waals surface area contributed by atoms with Gasteiger partial charge in [0.05, 0.1) is 14.2 Å². The molecule has 1 aromatic carbocycles. The van der Waals surface area contributed by atoms with Crippen LogP contribution in [0.2, 0.25) is 0 Å². The molecule has 2 N–H and O–H groups in total. The topological polar surface area (TPSA) is 67.4 Å². The molecule has 0 amide bonds. The Morgan fingerprint density at radius 3 is 2.64 bits per heavy atom. The standard InChI is InChI=1S/C20H24N2O3/c1-12-6-13-4-5-20(9-12,10-13)17-11-21-19(22-17)14-7-15(24-2)18(23)16(8-14)25-3/h4,7-8,11-12,23H,5-6,9-10H2,1-3H3,(H,21,22). The summed E-state index contributed by atoms with van der Waals surface area (Å²) in [6.07, 6.45) is 9.04. The Kier molecular flexibility index (Phi) is 3.74. The van der Waals surface area contributed by atoms with E-state index in [1.54, 1.807) is 17.7 Å². The lowest BCUT2D eigenvalue weighted by atomic mass is 9.69. The van der Waals surface area contributed by atoms with Crippen molar-refractivity contribution in [1.29, 1.82) is 0 Å². The van der Waals surface area contributed by atoms with E-state index >= 15 is 0 Å². The number of nitrogens with zero attached hydrogens (tertiary/aromatic N) is 1. The van der Waals surface area contributed by atoms with Crippen molar-refractivity contribution in [1.82, 2.24) is 9.97 Å². The van der Waals surface area contributed by atoms with Crippen LogP contribution >= 0.6 is 0 Å². The maximum atomic E-state index is 10.1. The van der Waals surface area contributed by atoms with Crippen molar-refractivity contribution >= 4 is 0 Å². The lowest BCUT2D eigenvalue weighted by Crippen LogP contribution is -2.29. The zero-order valence-corrected chi connectivity index (χ0v) is 14.9. The molecule has 5 heteroatoms. The summed E-state index contributed by atoms with van der Waals surface area (Å²) >= 11 is 0. The highest BCUT2D eigenvalue weighted by atomic mass is 16.5. The van der Waals surface area contributed by atoms with Gasteiger partial charge in [-0.1, -0.05) is 18.6 Å². The Balaban J connectivity index is 1.71. The number of allylic oxidation sites excluding steroid dienone is 2. The minimum Gasteiger partial charge on any atom is -0.502 e. The van der Waals surface area contributed by atoms with Crippen molar-refractivity contribution in [2.45, 2.75) is 38.0 Å². The van der Waals surface area contributed by atoms with Crippen molar-refractivity contribution in [3.63, 3.8) is 0 Å². The number of aromatic hydroxyl groups is 1. The van der Waals surface area contributed by atoms with Crippen LogP contribution in [0, 0.1) is 5.92 Å². The molecule has 1 saturated carbocycles. The third-order valence-corrected chi connectivity index (χ3v) is 5.60. The highest BCUT2D eigenvalue weighted by Crippen LogP contribution is 2.51. The number of aromatic amines is 1. The maximum Gasteiger partial charge on any atom is 0.200 e. The zero-order valence-electron chi connectivity index (χ0n) is 14.9. The van der Waals surface area contributed by atoms with Crippen LogP contribution in [-0.4, -0.2) is 29.3 Å². The van der Waals surface area contributed by atoms with Crippen LogP contribution in [0.25, 0.3) is 11.4 Å². The Morgan fingerprint density at radius 2 is 1.96 bits per heavy atom. The molecule has 4 rings (SSSR count). The predicted molar refractivity (Wildman–Crippen MR) is 96.2 cm³/mol. The van der Waals surface area contributed by atoms with Gasteiger partial charge in [0.25, 0.3) is 0 Å². The van der Waals surface area contributed by atoms with E-state index in [9.17, 15) is 5.11 Å². The van der Waals surface area contributed by atoms with Crippen molar-refractivity contribution in [3.8, 4) is 28.6 Å². The number of nitrogens with one attached hydrogen (secondary N) is 1. The Morgan fingerprint density at radius 1 is 1.24 bits per heavy atom. The molecule has 25 heavy (non-hydrogen) atoms. The van der Waals surface area contributed by atoms with Crippen molar-refractivity contribution < 1.29 is 14.6 Å². The fourth-order valence-electron chi connectivity index (χ4n) is 4.50. The molecule has 0 spiro atoms. The quantitative estimate of drug-likeness (QED) is 0.819. The number of H-pyrrole nitrogens is 1. The van der Waals surface area contributed by atoms with Crippen molar-refractivity contribution in [2.75, 3.05) is 14.2 Å². The molecule has 2 aromatic rings. The average Bonchev–Trinajstić information content (AvgIpc) is 3.21.